The van der Waals surface area contributed by atoms with Gasteiger partial charge in [0.25, 0.3) is 12.0 Å². The van der Waals surface area contributed by atoms with Crippen LogP contribution in [0.4, 0.5) is 39.9 Å². The SMILES string of the molecule is CN(C(=O)C(F)(F)c1cnccn1)C1(C)CCN(C(=O)OC(C(F)(F)F)C(F)(F)F)CC1. The molecule has 0 aliphatic carbocycles. The van der Waals surface area contributed by atoms with Crippen molar-refractivity contribution in [2.75, 3.05) is 20.1 Å². The van der Waals surface area contributed by atoms with E-state index >= 15 is 0 Å². The summed E-state index contributed by atoms with van der Waals surface area (Å²) in [5, 5.41) is 0. The average molecular weight is 478 g/mol. The second-order valence-electron chi connectivity index (χ2n) is 7.36. The van der Waals surface area contributed by atoms with Crippen molar-refractivity contribution in [2.45, 2.75) is 49.7 Å². The Bertz CT molecular complexity index is 809. The van der Waals surface area contributed by atoms with E-state index in [1.807, 2.05) is 0 Å². The zero-order valence-corrected chi connectivity index (χ0v) is 16.7. The largest absolute Gasteiger partial charge is 0.434 e. The van der Waals surface area contributed by atoms with Gasteiger partial charge in [0.2, 0.25) is 0 Å². The van der Waals surface area contributed by atoms with Gasteiger partial charge in [-0.05, 0) is 19.8 Å². The van der Waals surface area contributed by atoms with Gasteiger partial charge in [-0.15, -0.1) is 0 Å². The number of hydrogen-bond acceptors (Lipinski definition) is 5. The lowest BCUT2D eigenvalue weighted by molar-refractivity contribution is -0.308. The number of piperidine rings is 1. The quantitative estimate of drug-likeness (QED) is 0.620. The number of alkyl halides is 8. The van der Waals surface area contributed by atoms with Crippen molar-refractivity contribution in [1.82, 2.24) is 19.8 Å². The van der Waals surface area contributed by atoms with Crippen LogP contribution < -0.4 is 0 Å². The van der Waals surface area contributed by atoms with Crippen LogP contribution in [0.5, 0.6) is 0 Å². The summed E-state index contributed by atoms with van der Waals surface area (Å²) in [7, 11) is 1.07. The molecule has 1 aromatic rings. The topological polar surface area (TPSA) is 75.6 Å². The molecule has 0 unspecified atom stereocenters. The molecule has 0 aromatic carbocycles. The molecule has 0 radical (unpaired) electrons. The molecule has 2 rings (SSSR count). The fourth-order valence-corrected chi connectivity index (χ4v) is 3.03. The van der Waals surface area contributed by atoms with Crippen LogP contribution in [0, 0.1) is 0 Å². The van der Waals surface area contributed by atoms with Gasteiger partial charge in [-0.25, -0.2) is 4.79 Å². The smallest absolute Gasteiger partial charge is 0.426 e. The predicted molar refractivity (Wildman–Crippen MR) is 90.3 cm³/mol. The summed E-state index contributed by atoms with van der Waals surface area (Å²) < 4.78 is 108. The van der Waals surface area contributed by atoms with Gasteiger partial charge in [0.05, 0.1) is 6.20 Å². The number of likely N-dealkylation sites (tertiary alicyclic amines) is 1. The number of aromatic nitrogens is 2. The first-order chi connectivity index (χ1) is 14.5. The van der Waals surface area contributed by atoms with E-state index < -0.39 is 60.7 Å². The Labute approximate surface area is 176 Å². The fraction of sp³-hybridized carbons (Fsp3) is 0.647. The number of likely N-dealkylation sites (N-methyl/N-ethyl adjacent to an activating group) is 1. The van der Waals surface area contributed by atoms with E-state index in [-0.39, 0.29) is 12.8 Å². The van der Waals surface area contributed by atoms with E-state index in [0.29, 0.717) is 11.1 Å². The van der Waals surface area contributed by atoms with Crippen LogP contribution in [0.15, 0.2) is 18.6 Å². The lowest BCUT2D eigenvalue weighted by atomic mass is 9.87. The van der Waals surface area contributed by atoms with Gasteiger partial charge in [0.1, 0.15) is 5.69 Å². The molecule has 1 aliphatic rings. The van der Waals surface area contributed by atoms with E-state index in [9.17, 15) is 44.7 Å². The van der Waals surface area contributed by atoms with Crippen molar-refractivity contribution in [1.29, 1.82) is 0 Å². The van der Waals surface area contributed by atoms with Crippen molar-refractivity contribution in [3.05, 3.63) is 24.3 Å². The maximum absolute atomic E-state index is 14.5. The first kappa shape index (κ1) is 25.5. The summed E-state index contributed by atoms with van der Waals surface area (Å²) in [6.45, 7) is 0.548. The minimum Gasteiger partial charge on any atom is -0.426 e. The van der Waals surface area contributed by atoms with Crippen molar-refractivity contribution >= 4 is 12.0 Å². The molecular weight excluding hydrogens is 460 g/mol. The molecule has 32 heavy (non-hydrogen) atoms. The molecule has 2 heterocycles. The minimum atomic E-state index is -5.86. The molecular formula is C17H18F8N4O3. The number of halogens is 8. The van der Waals surface area contributed by atoms with Gasteiger partial charge in [0.15, 0.2) is 0 Å². The summed E-state index contributed by atoms with van der Waals surface area (Å²) in [4.78, 5) is 32.5. The van der Waals surface area contributed by atoms with Gasteiger partial charge in [-0.1, -0.05) is 0 Å². The molecule has 1 fully saturated rings. The van der Waals surface area contributed by atoms with Crippen LogP contribution in [-0.4, -0.2) is 75.9 Å². The van der Waals surface area contributed by atoms with Gasteiger partial charge in [-0.2, -0.15) is 35.1 Å². The molecule has 0 N–H and O–H groups in total. The van der Waals surface area contributed by atoms with Crippen LogP contribution in [0.2, 0.25) is 0 Å². The van der Waals surface area contributed by atoms with Crippen molar-refractivity contribution < 1.29 is 49.4 Å². The number of carbonyl (C=O) groups is 2. The van der Waals surface area contributed by atoms with Crippen LogP contribution in [0.25, 0.3) is 0 Å². The standard InChI is InChI=1S/C17H18F8N4O3/c1-14(28(2)12(30)15(18,19)10-9-26-5-6-27-10)3-7-29(8-4-14)13(31)32-11(16(20,21)22)17(23,24)25/h5-6,9,11H,3-4,7-8H2,1-2H3. The third-order valence-corrected chi connectivity index (χ3v) is 5.18. The number of nitrogens with zero attached hydrogens (tertiary/aromatic N) is 4. The summed E-state index contributed by atoms with van der Waals surface area (Å²) in [6.07, 6.45) is -15.5. The van der Waals surface area contributed by atoms with Crippen LogP contribution in [0.3, 0.4) is 0 Å². The summed E-state index contributed by atoms with van der Waals surface area (Å²) in [5.41, 5.74) is -2.17. The Kier molecular flexibility index (Phi) is 6.90. The normalized spacial score (nSPS) is 17.3. The Morgan fingerprint density at radius 2 is 1.59 bits per heavy atom. The van der Waals surface area contributed by atoms with Crippen LogP contribution in [0.1, 0.15) is 25.5 Å². The van der Waals surface area contributed by atoms with Gasteiger partial charge in [-0.3, -0.25) is 14.8 Å². The van der Waals surface area contributed by atoms with Crippen LogP contribution >= 0.6 is 0 Å². The highest BCUT2D eigenvalue weighted by Gasteiger charge is 2.60. The Balaban J connectivity index is 2.06. The third kappa shape index (κ3) is 5.35. The minimum absolute atomic E-state index is 0.205. The number of ether oxygens (including phenoxy) is 1. The maximum atomic E-state index is 14.5. The summed E-state index contributed by atoms with van der Waals surface area (Å²) in [6, 6.07) is 0. The number of amides is 2. The number of hydrogen-bond donors (Lipinski definition) is 0. The lowest BCUT2D eigenvalue weighted by Crippen LogP contribution is -2.58. The monoisotopic (exact) mass is 478 g/mol. The number of rotatable bonds is 4. The fourth-order valence-electron chi connectivity index (χ4n) is 3.03. The molecule has 180 valence electrons. The van der Waals surface area contributed by atoms with Crippen LogP contribution in [-0.2, 0) is 15.5 Å². The van der Waals surface area contributed by atoms with E-state index in [2.05, 4.69) is 14.7 Å². The first-order valence-corrected chi connectivity index (χ1v) is 9.02. The van der Waals surface area contributed by atoms with Crippen molar-refractivity contribution in [3.8, 4) is 0 Å². The van der Waals surface area contributed by atoms with E-state index in [1.54, 1.807) is 0 Å². The van der Waals surface area contributed by atoms with E-state index in [0.717, 1.165) is 24.3 Å². The Morgan fingerprint density at radius 1 is 1.06 bits per heavy atom. The maximum Gasteiger partial charge on any atom is 0.434 e. The molecule has 2 amide bonds. The lowest BCUT2D eigenvalue weighted by Gasteiger charge is -2.45. The van der Waals surface area contributed by atoms with Crippen molar-refractivity contribution in [3.63, 3.8) is 0 Å². The zero-order valence-electron chi connectivity index (χ0n) is 16.7. The number of carbonyl (C=O) groups excluding carboxylic acids is 2. The highest BCUT2D eigenvalue weighted by molar-refractivity contribution is 5.84. The molecule has 1 aromatic heterocycles. The van der Waals surface area contributed by atoms with Gasteiger partial charge >= 0.3 is 24.4 Å². The van der Waals surface area contributed by atoms with Gasteiger partial charge < -0.3 is 14.5 Å². The van der Waals surface area contributed by atoms with E-state index in [4.69, 9.17) is 0 Å². The second kappa shape index (κ2) is 8.65. The van der Waals surface area contributed by atoms with E-state index in [1.165, 1.54) is 6.92 Å². The molecule has 15 heteroatoms. The molecule has 0 bridgehead atoms. The van der Waals surface area contributed by atoms with Gasteiger partial charge in [0, 0.05) is 38.1 Å². The highest BCUT2D eigenvalue weighted by Crippen LogP contribution is 2.37. The van der Waals surface area contributed by atoms with Crippen molar-refractivity contribution in [2.24, 2.45) is 0 Å². The summed E-state index contributed by atoms with van der Waals surface area (Å²) >= 11 is 0. The molecule has 0 spiro atoms. The molecule has 1 aliphatic heterocycles. The predicted octanol–water partition coefficient (Wildman–Crippen LogP) is 3.51. The third-order valence-electron chi connectivity index (χ3n) is 5.18. The Morgan fingerprint density at radius 3 is 2.03 bits per heavy atom. The highest BCUT2D eigenvalue weighted by atomic mass is 19.4. The first-order valence-electron chi connectivity index (χ1n) is 9.02. The summed E-state index contributed by atoms with van der Waals surface area (Å²) in [5.74, 6) is -5.67. The Hall–Kier alpha value is -2.74. The zero-order chi connectivity index (χ0) is 24.5. The molecule has 7 nitrogen and oxygen atoms in total. The second-order valence-corrected chi connectivity index (χ2v) is 7.36. The average Bonchev–Trinajstić information content (AvgIpc) is 2.70. The molecule has 0 atom stereocenters. The molecule has 0 saturated carbocycles. The molecule has 1 saturated heterocycles.